The van der Waals surface area contributed by atoms with Crippen LogP contribution in [0.25, 0.3) is 0 Å². The topological polar surface area (TPSA) is 46.9 Å². The highest BCUT2D eigenvalue weighted by atomic mass is 32.2. The highest BCUT2D eigenvalue weighted by molar-refractivity contribution is 8.00. The number of carbonyl (C=O) groups excluding carboxylic acids is 1. The number of nitrogens with zero attached hydrogens (tertiary/aromatic N) is 2. The molecule has 0 saturated heterocycles. The van der Waals surface area contributed by atoms with Crippen LogP contribution in [-0.2, 0) is 18.3 Å². The van der Waals surface area contributed by atoms with Crippen molar-refractivity contribution in [3.63, 3.8) is 0 Å². The van der Waals surface area contributed by atoms with E-state index in [1.54, 1.807) is 18.7 Å². The molecule has 0 spiro atoms. The van der Waals surface area contributed by atoms with Crippen molar-refractivity contribution in [2.24, 2.45) is 7.05 Å². The average Bonchev–Trinajstić information content (AvgIpc) is 2.50. The minimum atomic E-state index is -4.25. The van der Waals surface area contributed by atoms with Crippen LogP contribution in [0.1, 0.15) is 17.0 Å². The molecule has 1 heterocycles. The normalized spacial score (nSPS) is 11.7. The molecule has 8 heteroatoms. The summed E-state index contributed by atoms with van der Waals surface area (Å²) in [6.45, 7) is 3.65. The maximum atomic E-state index is 11.9. The lowest BCUT2D eigenvalue weighted by atomic mass is 10.1. The quantitative estimate of drug-likeness (QED) is 0.845. The van der Waals surface area contributed by atoms with E-state index in [2.05, 4.69) is 10.4 Å². The molecular weight excluding hydrogens is 279 g/mol. The second-order valence-corrected chi connectivity index (χ2v) is 5.25. The molecule has 1 N–H and O–H groups in total. The highest BCUT2D eigenvalue weighted by Gasteiger charge is 2.27. The fourth-order valence-electron chi connectivity index (χ4n) is 1.65. The molecule has 1 aromatic rings. The number of aryl methyl sites for hydroxylation is 2. The van der Waals surface area contributed by atoms with E-state index in [0.717, 1.165) is 17.0 Å². The number of thioether (sulfide) groups is 1. The summed E-state index contributed by atoms with van der Waals surface area (Å²) >= 11 is -0.139. The molecule has 108 valence electrons. The third-order valence-electron chi connectivity index (χ3n) is 2.69. The number of hydrogen-bond donors (Lipinski definition) is 1. The van der Waals surface area contributed by atoms with E-state index in [9.17, 15) is 18.0 Å². The summed E-state index contributed by atoms with van der Waals surface area (Å²) < 4.78 is 37.3. The monoisotopic (exact) mass is 295 g/mol. The van der Waals surface area contributed by atoms with E-state index < -0.39 is 5.51 Å². The molecule has 1 aromatic heterocycles. The lowest BCUT2D eigenvalue weighted by Gasteiger charge is -2.07. The lowest BCUT2D eigenvalue weighted by Crippen LogP contribution is -2.28. The first-order valence-electron chi connectivity index (χ1n) is 5.67. The van der Waals surface area contributed by atoms with Crippen LogP contribution in [0.2, 0.25) is 0 Å². The predicted molar refractivity (Wildman–Crippen MR) is 67.9 cm³/mol. The zero-order valence-electron chi connectivity index (χ0n) is 11.0. The van der Waals surface area contributed by atoms with Crippen LogP contribution < -0.4 is 5.32 Å². The number of aromatic nitrogens is 2. The molecular formula is C11H16F3N3OS. The van der Waals surface area contributed by atoms with Crippen molar-refractivity contribution in [1.82, 2.24) is 15.1 Å². The Morgan fingerprint density at radius 3 is 2.53 bits per heavy atom. The van der Waals surface area contributed by atoms with Crippen LogP contribution in [0.15, 0.2) is 0 Å². The summed E-state index contributed by atoms with van der Waals surface area (Å²) in [4.78, 5) is 11.6. The molecule has 0 saturated carbocycles. The van der Waals surface area contributed by atoms with Gasteiger partial charge in [0, 0.05) is 30.6 Å². The molecule has 0 fully saturated rings. The van der Waals surface area contributed by atoms with Crippen molar-refractivity contribution >= 4 is 17.7 Å². The molecule has 19 heavy (non-hydrogen) atoms. The largest absolute Gasteiger partial charge is 0.441 e. The SMILES string of the molecule is Cc1nn(C)c(C)c1CC(=O)NCCSC(F)(F)F. The van der Waals surface area contributed by atoms with E-state index in [0.29, 0.717) is 0 Å². The van der Waals surface area contributed by atoms with Crippen molar-refractivity contribution in [1.29, 1.82) is 0 Å². The highest BCUT2D eigenvalue weighted by Crippen LogP contribution is 2.29. The molecule has 0 radical (unpaired) electrons. The molecule has 0 aliphatic heterocycles. The predicted octanol–water partition coefficient (Wildman–Crippen LogP) is 1.95. The molecule has 0 atom stereocenters. The maximum absolute atomic E-state index is 11.9. The fourth-order valence-corrected chi connectivity index (χ4v) is 2.09. The summed E-state index contributed by atoms with van der Waals surface area (Å²) in [5.41, 5.74) is -1.78. The number of hydrogen-bond acceptors (Lipinski definition) is 3. The van der Waals surface area contributed by atoms with Crippen molar-refractivity contribution in [2.45, 2.75) is 25.8 Å². The Hall–Kier alpha value is -1.18. The molecule has 0 unspecified atom stereocenters. The van der Waals surface area contributed by atoms with Gasteiger partial charge in [0.2, 0.25) is 5.91 Å². The summed E-state index contributed by atoms with van der Waals surface area (Å²) in [5.74, 6) is -0.470. The third kappa shape index (κ3) is 5.14. The van der Waals surface area contributed by atoms with Gasteiger partial charge in [-0.05, 0) is 25.6 Å². The van der Waals surface area contributed by atoms with Crippen LogP contribution in [0.4, 0.5) is 13.2 Å². The Kier molecular flexibility index (Phi) is 5.28. The van der Waals surface area contributed by atoms with E-state index in [1.807, 2.05) is 6.92 Å². The standard InChI is InChI=1S/C11H16F3N3OS/c1-7-9(8(2)17(3)16-7)6-10(18)15-4-5-19-11(12,13)14/h4-6H2,1-3H3,(H,15,18). The Morgan fingerprint density at radius 2 is 2.05 bits per heavy atom. The molecule has 0 aliphatic carbocycles. The van der Waals surface area contributed by atoms with Gasteiger partial charge in [-0.1, -0.05) is 0 Å². The van der Waals surface area contributed by atoms with E-state index in [4.69, 9.17) is 0 Å². The average molecular weight is 295 g/mol. The summed E-state index contributed by atoms with van der Waals surface area (Å²) in [7, 11) is 1.78. The maximum Gasteiger partial charge on any atom is 0.441 e. The van der Waals surface area contributed by atoms with Gasteiger partial charge >= 0.3 is 5.51 Å². The minimum Gasteiger partial charge on any atom is -0.355 e. The Bertz CT molecular complexity index is 457. The molecule has 1 amide bonds. The number of carbonyl (C=O) groups is 1. The smallest absolute Gasteiger partial charge is 0.355 e. The van der Waals surface area contributed by atoms with E-state index in [-0.39, 0.29) is 36.4 Å². The van der Waals surface area contributed by atoms with Gasteiger partial charge in [-0.15, -0.1) is 0 Å². The van der Waals surface area contributed by atoms with Crippen molar-refractivity contribution < 1.29 is 18.0 Å². The molecule has 0 aromatic carbocycles. The van der Waals surface area contributed by atoms with Gasteiger partial charge in [0.1, 0.15) is 0 Å². The Labute approximate surface area is 113 Å². The third-order valence-corrected chi connectivity index (χ3v) is 3.42. The number of rotatable bonds is 5. The Morgan fingerprint density at radius 1 is 1.42 bits per heavy atom. The van der Waals surface area contributed by atoms with Crippen LogP contribution in [0.3, 0.4) is 0 Å². The van der Waals surface area contributed by atoms with Gasteiger partial charge in [-0.2, -0.15) is 18.3 Å². The second kappa shape index (κ2) is 6.31. The number of nitrogens with one attached hydrogen (secondary N) is 1. The lowest BCUT2D eigenvalue weighted by molar-refractivity contribution is -0.120. The number of alkyl halides is 3. The zero-order valence-corrected chi connectivity index (χ0v) is 11.8. The molecule has 1 rings (SSSR count). The van der Waals surface area contributed by atoms with Crippen molar-refractivity contribution in [2.75, 3.05) is 12.3 Å². The molecule has 0 aliphatic rings. The van der Waals surface area contributed by atoms with Crippen LogP contribution >= 0.6 is 11.8 Å². The van der Waals surface area contributed by atoms with Gasteiger partial charge in [-0.25, -0.2) is 0 Å². The van der Waals surface area contributed by atoms with Crippen molar-refractivity contribution in [3.05, 3.63) is 17.0 Å². The summed E-state index contributed by atoms with van der Waals surface area (Å²) in [6, 6.07) is 0. The van der Waals surface area contributed by atoms with Gasteiger partial charge < -0.3 is 5.32 Å². The molecule has 0 bridgehead atoms. The van der Waals surface area contributed by atoms with Crippen LogP contribution in [0.5, 0.6) is 0 Å². The van der Waals surface area contributed by atoms with Gasteiger partial charge in [0.25, 0.3) is 0 Å². The van der Waals surface area contributed by atoms with Gasteiger partial charge in [0.05, 0.1) is 12.1 Å². The number of amides is 1. The summed E-state index contributed by atoms with van der Waals surface area (Å²) in [6.07, 6.45) is 0.141. The Balaban J connectivity index is 2.40. The van der Waals surface area contributed by atoms with Crippen LogP contribution in [0, 0.1) is 13.8 Å². The van der Waals surface area contributed by atoms with Gasteiger partial charge in [-0.3, -0.25) is 9.48 Å². The number of halogens is 3. The first kappa shape index (κ1) is 15.9. The van der Waals surface area contributed by atoms with E-state index >= 15 is 0 Å². The first-order valence-corrected chi connectivity index (χ1v) is 6.65. The fraction of sp³-hybridized carbons (Fsp3) is 0.636. The van der Waals surface area contributed by atoms with Crippen molar-refractivity contribution in [3.8, 4) is 0 Å². The van der Waals surface area contributed by atoms with E-state index in [1.165, 1.54) is 0 Å². The summed E-state index contributed by atoms with van der Waals surface area (Å²) in [5, 5.41) is 6.65. The second-order valence-electron chi connectivity index (χ2n) is 4.09. The van der Waals surface area contributed by atoms with Gasteiger partial charge in [0.15, 0.2) is 0 Å². The van der Waals surface area contributed by atoms with Crippen LogP contribution in [-0.4, -0.2) is 33.5 Å². The first-order chi connectivity index (χ1) is 8.70. The zero-order chi connectivity index (χ0) is 14.6. The molecule has 4 nitrogen and oxygen atoms in total. The minimum absolute atomic E-state index is 0.00136.